The standard InChI is InChI=1S/C16H22N2OS/c1-4-18(11-16-13(3)17-12-20-16)10-14-6-8-15(9-7-14)19-5-2/h6-9,12H,4-5,10-11H2,1-3H3. The van der Waals surface area contributed by atoms with Crippen molar-refractivity contribution in [1.82, 2.24) is 9.88 Å². The molecule has 0 unspecified atom stereocenters. The van der Waals surface area contributed by atoms with Crippen LogP contribution in [0.15, 0.2) is 29.8 Å². The molecule has 0 N–H and O–H groups in total. The van der Waals surface area contributed by atoms with Crippen LogP contribution in [0, 0.1) is 6.92 Å². The van der Waals surface area contributed by atoms with Crippen LogP contribution < -0.4 is 4.74 Å². The third-order valence-corrected chi connectivity index (χ3v) is 4.22. The molecule has 1 heterocycles. The highest BCUT2D eigenvalue weighted by Gasteiger charge is 2.08. The molecule has 0 spiro atoms. The van der Waals surface area contributed by atoms with Gasteiger partial charge in [0, 0.05) is 18.0 Å². The molecule has 2 aromatic rings. The number of rotatable bonds is 7. The Morgan fingerprint density at radius 3 is 2.45 bits per heavy atom. The van der Waals surface area contributed by atoms with Crippen molar-refractivity contribution >= 4 is 11.3 Å². The topological polar surface area (TPSA) is 25.4 Å². The molecule has 3 nitrogen and oxygen atoms in total. The molecule has 2 rings (SSSR count). The van der Waals surface area contributed by atoms with E-state index in [0.717, 1.165) is 31.1 Å². The maximum Gasteiger partial charge on any atom is 0.119 e. The zero-order valence-corrected chi connectivity index (χ0v) is 13.2. The molecule has 0 saturated carbocycles. The molecular weight excluding hydrogens is 268 g/mol. The van der Waals surface area contributed by atoms with Crippen LogP contribution in [-0.2, 0) is 13.1 Å². The normalized spacial score (nSPS) is 11.0. The van der Waals surface area contributed by atoms with Crippen LogP contribution in [-0.4, -0.2) is 23.0 Å². The second kappa shape index (κ2) is 7.41. The summed E-state index contributed by atoms with van der Waals surface area (Å²) >= 11 is 1.74. The van der Waals surface area contributed by atoms with E-state index in [1.165, 1.54) is 10.4 Å². The third kappa shape index (κ3) is 4.05. The van der Waals surface area contributed by atoms with E-state index in [9.17, 15) is 0 Å². The average Bonchev–Trinajstić information content (AvgIpc) is 2.86. The second-order valence-corrected chi connectivity index (χ2v) is 5.68. The molecule has 0 aliphatic rings. The van der Waals surface area contributed by atoms with Crippen LogP contribution >= 0.6 is 11.3 Å². The molecule has 108 valence electrons. The summed E-state index contributed by atoms with van der Waals surface area (Å²) in [7, 11) is 0. The fourth-order valence-corrected chi connectivity index (χ4v) is 2.89. The zero-order valence-electron chi connectivity index (χ0n) is 12.4. The van der Waals surface area contributed by atoms with E-state index in [2.05, 4.69) is 35.9 Å². The molecule has 0 aliphatic carbocycles. The minimum absolute atomic E-state index is 0.713. The van der Waals surface area contributed by atoms with E-state index in [0.29, 0.717) is 6.61 Å². The first-order valence-corrected chi connectivity index (χ1v) is 7.94. The zero-order chi connectivity index (χ0) is 14.4. The summed E-state index contributed by atoms with van der Waals surface area (Å²) in [6, 6.07) is 8.38. The summed E-state index contributed by atoms with van der Waals surface area (Å²) in [5.74, 6) is 0.942. The highest BCUT2D eigenvalue weighted by atomic mass is 32.1. The van der Waals surface area contributed by atoms with E-state index in [4.69, 9.17) is 4.74 Å². The molecule has 0 radical (unpaired) electrons. The van der Waals surface area contributed by atoms with Crippen LogP contribution in [0.2, 0.25) is 0 Å². The van der Waals surface area contributed by atoms with Crippen molar-refractivity contribution in [3.63, 3.8) is 0 Å². The van der Waals surface area contributed by atoms with Gasteiger partial charge in [0.1, 0.15) is 5.75 Å². The lowest BCUT2D eigenvalue weighted by Gasteiger charge is -2.20. The van der Waals surface area contributed by atoms with Crippen LogP contribution in [0.5, 0.6) is 5.75 Å². The number of ether oxygens (including phenoxy) is 1. The van der Waals surface area contributed by atoms with Crippen LogP contribution in [0.3, 0.4) is 0 Å². The summed E-state index contributed by atoms with van der Waals surface area (Å²) in [5, 5.41) is 0. The van der Waals surface area contributed by atoms with Gasteiger partial charge in [0.05, 0.1) is 17.8 Å². The lowest BCUT2D eigenvalue weighted by Crippen LogP contribution is -2.22. The molecule has 0 aliphatic heterocycles. The highest BCUT2D eigenvalue weighted by Crippen LogP contribution is 2.18. The van der Waals surface area contributed by atoms with Gasteiger partial charge in [-0.25, -0.2) is 4.98 Å². The van der Waals surface area contributed by atoms with E-state index in [1.54, 1.807) is 11.3 Å². The van der Waals surface area contributed by atoms with Crippen molar-refractivity contribution in [2.24, 2.45) is 0 Å². The molecule has 20 heavy (non-hydrogen) atoms. The highest BCUT2D eigenvalue weighted by molar-refractivity contribution is 7.09. The first kappa shape index (κ1) is 15.0. The first-order valence-electron chi connectivity index (χ1n) is 7.06. The Hall–Kier alpha value is -1.39. The van der Waals surface area contributed by atoms with Gasteiger partial charge >= 0.3 is 0 Å². The van der Waals surface area contributed by atoms with E-state index in [1.807, 2.05) is 24.6 Å². The van der Waals surface area contributed by atoms with Crippen LogP contribution in [0.1, 0.15) is 30.0 Å². The molecule has 0 atom stereocenters. The van der Waals surface area contributed by atoms with Gasteiger partial charge in [0.25, 0.3) is 0 Å². The summed E-state index contributed by atoms with van der Waals surface area (Å²) < 4.78 is 5.47. The van der Waals surface area contributed by atoms with Crippen molar-refractivity contribution in [3.8, 4) is 5.75 Å². The number of benzene rings is 1. The third-order valence-electron chi connectivity index (χ3n) is 3.30. The van der Waals surface area contributed by atoms with Crippen LogP contribution in [0.25, 0.3) is 0 Å². The monoisotopic (exact) mass is 290 g/mol. The van der Waals surface area contributed by atoms with Gasteiger partial charge in [-0.05, 0) is 38.1 Å². The molecule has 0 saturated heterocycles. The summed E-state index contributed by atoms with van der Waals surface area (Å²) in [4.78, 5) is 8.10. The molecular formula is C16H22N2OS. The van der Waals surface area contributed by atoms with Crippen molar-refractivity contribution in [3.05, 3.63) is 45.9 Å². The Bertz CT molecular complexity index is 522. The number of thiazole rings is 1. The Morgan fingerprint density at radius 1 is 1.15 bits per heavy atom. The number of nitrogens with zero attached hydrogens (tertiary/aromatic N) is 2. The Balaban J connectivity index is 1.97. The fourth-order valence-electron chi connectivity index (χ4n) is 2.08. The lowest BCUT2D eigenvalue weighted by atomic mass is 10.2. The predicted molar refractivity (Wildman–Crippen MR) is 84.3 cm³/mol. The van der Waals surface area contributed by atoms with Crippen molar-refractivity contribution < 1.29 is 4.74 Å². The summed E-state index contributed by atoms with van der Waals surface area (Å²) in [5.41, 5.74) is 4.40. The second-order valence-electron chi connectivity index (χ2n) is 4.74. The van der Waals surface area contributed by atoms with Crippen molar-refractivity contribution in [1.29, 1.82) is 0 Å². The van der Waals surface area contributed by atoms with Gasteiger partial charge in [-0.15, -0.1) is 11.3 Å². The largest absolute Gasteiger partial charge is 0.494 e. The quantitative estimate of drug-likeness (QED) is 0.774. The van der Waals surface area contributed by atoms with Crippen LogP contribution in [0.4, 0.5) is 0 Å². The SMILES string of the molecule is CCOc1ccc(CN(CC)Cc2scnc2C)cc1. The average molecular weight is 290 g/mol. The number of hydrogen-bond acceptors (Lipinski definition) is 4. The van der Waals surface area contributed by atoms with Crippen molar-refractivity contribution in [2.75, 3.05) is 13.2 Å². The van der Waals surface area contributed by atoms with E-state index < -0.39 is 0 Å². The summed E-state index contributed by atoms with van der Waals surface area (Å²) in [6.07, 6.45) is 0. The molecule has 4 heteroatoms. The van der Waals surface area contributed by atoms with Gasteiger partial charge < -0.3 is 4.74 Å². The number of aryl methyl sites for hydroxylation is 1. The maximum absolute atomic E-state index is 5.47. The van der Waals surface area contributed by atoms with Gasteiger partial charge in [-0.2, -0.15) is 0 Å². The molecule has 0 fully saturated rings. The summed E-state index contributed by atoms with van der Waals surface area (Å²) in [6.45, 7) is 9.96. The molecule has 0 bridgehead atoms. The minimum atomic E-state index is 0.713. The Kier molecular flexibility index (Phi) is 5.56. The Labute approximate surface area is 125 Å². The molecule has 0 amide bonds. The first-order chi connectivity index (χ1) is 9.72. The maximum atomic E-state index is 5.47. The van der Waals surface area contributed by atoms with E-state index in [-0.39, 0.29) is 0 Å². The number of hydrogen-bond donors (Lipinski definition) is 0. The lowest BCUT2D eigenvalue weighted by molar-refractivity contribution is 0.273. The predicted octanol–water partition coefficient (Wildman–Crippen LogP) is 3.87. The molecule has 1 aromatic heterocycles. The van der Waals surface area contributed by atoms with Gasteiger partial charge in [0.2, 0.25) is 0 Å². The fraction of sp³-hybridized carbons (Fsp3) is 0.438. The van der Waals surface area contributed by atoms with Gasteiger partial charge in [-0.1, -0.05) is 19.1 Å². The smallest absolute Gasteiger partial charge is 0.119 e. The van der Waals surface area contributed by atoms with Gasteiger partial charge in [0.15, 0.2) is 0 Å². The number of aromatic nitrogens is 1. The van der Waals surface area contributed by atoms with Crippen molar-refractivity contribution in [2.45, 2.75) is 33.9 Å². The van der Waals surface area contributed by atoms with Gasteiger partial charge in [-0.3, -0.25) is 4.90 Å². The minimum Gasteiger partial charge on any atom is -0.494 e. The molecule has 1 aromatic carbocycles. The Morgan fingerprint density at radius 2 is 1.90 bits per heavy atom. The van der Waals surface area contributed by atoms with E-state index >= 15 is 0 Å².